The minimum atomic E-state index is -0.355. The van der Waals surface area contributed by atoms with Crippen LogP contribution in [0.5, 0.6) is 17.2 Å². The topological polar surface area (TPSA) is 115 Å². The number of anilines is 2. The number of ether oxygens (including phenoxy) is 4. The van der Waals surface area contributed by atoms with Crippen molar-refractivity contribution in [2.45, 2.75) is 0 Å². The molecule has 1 amide bonds. The van der Waals surface area contributed by atoms with Gasteiger partial charge in [0, 0.05) is 36.5 Å². The number of carbonyl (C=O) groups is 1. The van der Waals surface area contributed by atoms with Crippen LogP contribution in [-0.4, -0.2) is 63.0 Å². The van der Waals surface area contributed by atoms with E-state index < -0.39 is 0 Å². The lowest BCUT2D eigenvalue weighted by Crippen LogP contribution is -2.36. The molecule has 0 atom stereocenters. The molecule has 41 heavy (non-hydrogen) atoms. The molecule has 0 bridgehead atoms. The third-order valence-corrected chi connectivity index (χ3v) is 7.89. The second-order valence-electron chi connectivity index (χ2n) is 9.01. The third kappa shape index (κ3) is 6.45. The molecule has 1 aliphatic heterocycles. The Labute approximate surface area is 257 Å². The zero-order valence-electron chi connectivity index (χ0n) is 22.1. The van der Waals surface area contributed by atoms with Gasteiger partial charge in [-0.1, -0.05) is 11.6 Å². The number of nitrogens with one attached hydrogen (secondary N) is 2. The summed E-state index contributed by atoms with van der Waals surface area (Å²) >= 11 is 13.5. The van der Waals surface area contributed by atoms with Gasteiger partial charge in [0.05, 0.1) is 52.6 Å². The van der Waals surface area contributed by atoms with Crippen LogP contribution >= 0.6 is 43.5 Å². The van der Waals surface area contributed by atoms with Gasteiger partial charge >= 0.3 is 0 Å². The van der Waals surface area contributed by atoms with Gasteiger partial charge in [-0.25, -0.2) is 4.98 Å². The number of nitrogens with zero attached hydrogens (tertiary/aromatic N) is 2. The van der Waals surface area contributed by atoms with E-state index in [1.165, 1.54) is 14.2 Å². The van der Waals surface area contributed by atoms with E-state index in [4.69, 9.17) is 30.5 Å². The first kappa shape index (κ1) is 29.2. The molecule has 0 saturated carbocycles. The number of aromatic nitrogens is 2. The molecule has 3 aromatic carbocycles. The highest BCUT2D eigenvalue weighted by atomic mass is 79.9. The van der Waals surface area contributed by atoms with E-state index in [0.717, 1.165) is 18.8 Å². The molecule has 0 aliphatic carbocycles. The second-order valence-corrected chi connectivity index (χ2v) is 11.1. The van der Waals surface area contributed by atoms with Gasteiger partial charge in [-0.3, -0.25) is 9.59 Å². The molecule has 0 unspecified atom stereocenters. The van der Waals surface area contributed by atoms with E-state index in [-0.39, 0.29) is 18.1 Å². The minimum absolute atomic E-state index is 0.246. The van der Waals surface area contributed by atoms with Crippen molar-refractivity contribution in [3.63, 3.8) is 0 Å². The SMILES string of the molecule is COc1cc(OC)c2c(=O)[nH]c(-c3cc(Br)c(OCC(=O)Nc4ccc(N5CCOCC5)c(Cl)c4)c(Br)c3)nc2c1. The molecule has 0 spiro atoms. The summed E-state index contributed by atoms with van der Waals surface area (Å²) < 4.78 is 23.0. The van der Waals surface area contributed by atoms with E-state index >= 15 is 0 Å². The number of hydrogen-bond acceptors (Lipinski definition) is 8. The summed E-state index contributed by atoms with van der Waals surface area (Å²) in [6.45, 7) is 2.58. The molecule has 2 N–H and O–H groups in total. The average molecular weight is 709 g/mol. The molecule has 5 rings (SSSR count). The Hall–Kier alpha value is -3.32. The van der Waals surface area contributed by atoms with E-state index in [9.17, 15) is 9.59 Å². The lowest BCUT2D eigenvalue weighted by atomic mass is 10.1. The fourth-order valence-electron chi connectivity index (χ4n) is 4.44. The number of morpholine rings is 1. The number of rotatable bonds is 8. The zero-order valence-corrected chi connectivity index (χ0v) is 26.0. The molecule has 0 radical (unpaired) electrons. The van der Waals surface area contributed by atoms with Crippen molar-refractivity contribution < 1.29 is 23.7 Å². The van der Waals surface area contributed by atoms with Crippen molar-refractivity contribution in [2.75, 3.05) is 57.3 Å². The number of carbonyl (C=O) groups excluding carboxylic acids is 1. The highest BCUT2D eigenvalue weighted by Crippen LogP contribution is 2.38. The number of halogens is 3. The predicted molar refractivity (Wildman–Crippen MR) is 165 cm³/mol. The normalized spacial score (nSPS) is 13.2. The Morgan fingerprint density at radius 3 is 2.49 bits per heavy atom. The molecule has 1 aliphatic rings. The summed E-state index contributed by atoms with van der Waals surface area (Å²) in [5, 5.41) is 3.67. The Morgan fingerprint density at radius 2 is 1.83 bits per heavy atom. The van der Waals surface area contributed by atoms with E-state index in [1.807, 2.05) is 6.07 Å². The lowest BCUT2D eigenvalue weighted by molar-refractivity contribution is -0.118. The number of amides is 1. The van der Waals surface area contributed by atoms with Crippen molar-refractivity contribution in [3.05, 3.63) is 66.8 Å². The third-order valence-electron chi connectivity index (χ3n) is 6.40. The Balaban J connectivity index is 1.30. The van der Waals surface area contributed by atoms with Crippen LogP contribution in [-0.2, 0) is 9.53 Å². The number of H-pyrrole nitrogens is 1. The molecule has 13 heteroatoms. The van der Waals surface area contributed by atoms with Crippen molar-refractivity contribution in [1.82, 2.24) is 9.97 Å². The van der Waals surface area contributed by atoms with Gasteiger partial charge in [0.15, 0.2) is 6.61 Å². The molecule has 2 heterocycles. The summed E-state index contributed by atoms with van der Waals surface area (Å²) in [5.74, 6) is 1.26. The van der Waals surface area contributed by atoms with Crippen LogP contribution in [0.3, 0.4) is 0 Å². The van der Waals surface area contributed by atoms with Gasteiger partial charge in [0.1, 0.15) is 28.5 Å². The second kappa shape index (κ2) is 12.7. The van der Waals surface area contributed by atoms with Crippen LogP contribution in [0.1, 0.15) is 0 Å². The largest absolute Gasteiger partial charge is 0.497 e. The Kier molecular flexibility index (Phi) is 9.03. The number of benzene rings is 3. The number of fused-ring (bicyclic) bond motifs is 1. The van der Waals surface area contributed by atoms with Crippen molar-refractivity contribution in [2.24, 2.45) is 0 Å². The van der Waals surface area contributed by atoms with Gasteiger partial charge < -0.3 is 34.1 Å². The molecule has 10 nitrogen and oxygen atoms in total. The van der Waals surface area contributed by atoms with E-state index in [2.05, 4.69) is 52.0 Å². The number of aromatic amines is 1. The molecule has 4 aromatic rings. The number of hydrogen-bond donors (Lipinski definition) is 2. The Bertz CT molecular complexity index is 1650. The maximum atomic E-state index is 12.9. The highest BCUT2D eigenvalue weighted by Gasteiger charge is 2.18. The fraction of sp³-hybridized carbons (Fsp3) is 0.250. The molecule has 1 saturated heterocycles. The standard InChI is InChI=1S/C28H25Br2ClN4O6/c1-38-17-12-21-25(23(13-17)39-2)28(37)34-27(33-21)15-9-18(29)26(19(30)10-15)41-14-24(36)32-16-3-4-22(20(31)11-16)35-5-7-40-8-6-35/h3-4,9-13H,5-8,14H2,1-2H3,(H,32,36)(H,33,34,37). The van der Waals surface area contributed by atoms with Gasteiger partial charge in [-0.15, -0.1) is 0 Å². The van der Waals surface area contributed by atoms with Crippen molar-refractivity contribution in [3.8, 4) is 28.6 Å². The first-order valence-corrected chi connectivity index (χ1v) is 14.4. The van der Waals surface area contributed by atoms with Crippen molar-refractivity contribution >= 4 is 71.6 Å². The summed E-state index contributed by atoms with van der Waals surface area (Å²) in [5.41, 5.74) is 2.14. The van der Waals surface area contributed by atoms with Crippen LogP contribution in [0, 0.1) is 0 Å². The van der Waals surface area contributed by atoms with Crippen LogP contribution in [0.25, 0.3) is 22.3 Å². The van der Waals surface area contributed by atoms with Crippen LogP contribution in [0.4, 0.5) is 11.4 Å². The summed E-state index contributed by atoms with van der Waals surface area (Å²) in [6, 6.07) is 12.2. The van der Waals surface area contributed by atoms with Gasteiger partial charge in [0.25, 0.3) is 11.5 Å². The average Bonchev–Trinajstić information content (AvgIpc) is 2.96. The van der Waals surface area contributed by atoms with Crippen LogP contribution < -0.4 is 30.0 Å². The first-order valence-electron chi connectivity index (χ1n) is 12.5. The van der Waals surface area contributed by atoms with Gasteiger partial charge in [-0.2, -0.15) is 0 Å². The zero-order chi connectivity index (χ0) is 29.1. The van der Waals surface area contributed by atoms with E-state index in [1.54, 1.807) is 36.4 Å². The summed E-state index contributed by atoms with van der Waals surface area (Å²) in [6.07, 6.45) is 0. The van der Waals surface area contributed by atoms with Gasteiger partial charge in [-0.05, 0) is 62.2 Å². The predicted octanol–water partition coefficient (Wildman–Crippen LogP) is 5.64. The minimum Gasteiger partial charge on any atom is -0.497 e. The molecule has 214 valence electrons. The molecule has 1 aromatic heterocycles. The molecule has 1 fully saturated rings. The molecular weight excluding hydrogens is 684 g/mol. The lowest BCUT2D eigenvalue weighted by Gasteiger charge is -2.29. The molecular formula is C28H25Br2ClN4O6. The fourth-order valence-corrected chi connectivity index (χ4v) is 6.16. The highest BCUT2D eigenvalue weighted by molar-refractivity contribution is 9.11. The smallest absolute Gasteiger partial charge is 0.262 e. The van der Waals surface area contributed by atoms with Crippen LogP contribution in [0.15, 0.2) is 56.2 Å². The number of methoxy groups -OCH3 is 2. The maximum absolute atomic E-state index is 12.9. The van der Waals surface area contributed by atoms with Gasteiger partial charge in [0.2, 0.25) is 0 Å². The quantitative estimate of drug-likeness (QED) is 0.242. The summed E-state index contributed by atoms with van der Waals surface area (Å²) in [4.78, 5) is 35.1. The van der Waals surface area contributed by atoms with Crippen LogP contribution in [0.2, 0.25) is 5.02 Å². The van der Waals surface area contributed by atoms with Crippen molar-refractivity contribution in [1.29, 1.82) is 0 Å². The first-order chi connectivity index (χ1) is 19.8. The van der Waals surface area contributed by atoms with E-state index in [0.29, 0.717) is 72.4 Å². The summed E-state index contributed by atoms with van der Waals surface area (Å²) in [7, 11) is 3.01. The Morgan fingerprint density at radius 1 is 1.10 bits per heavy atom. The monoisotopic (exact) mass is 706 g/mol. The maximum Gasteiger partial charge on any atom is 0.262 e.